The Morgan fingerprint density at radius 2 is 1.94 bits per heavy atom. The molecule has 0 aliphatic rings. The van der Waals surface area contributed by atoms with E-state index in [1.54, 1.807) is 12.1 Å². The van der Waals surface area contributed by atoms with Gasteiger partial charge in [0.05, 0.1) is 5.02 Å². The number of benzene rings is 1. The highest BCUT2D eigenvalue weighted by atomic mass is 79.9. The van der Waals surface area contributed by atoms with Gasteiger partial charge in [-0.25, -0.2) is 4.79 Å². The van der Waals surface area contributed by atoms with Gasteiger partial charge in [-0.2, -0.15) is 0 Å². The van der Waals surface area contributed by atoms with Gasteiger partial charge in [0, 0.05) is 21.8 Å². The number of aromatic carboxylic acids is 1. The topological polar surface area (TPSA) is 70.2 Å². The first-order valence-electron chi connectivity index (χ1n) is 4.90. The molecule has 0 radical (unpaired) electrons. The Hall–Kier alpha value is -1.59. The van der Waals surface area contributed by atoms with E-state index in [1.807, 2.05) is 0 Å². The van der Waals surface area contributed by atoms with Gasteiger partial charge in [0.2, 0.25) is 0 Å². The van der Waals surface area contributed by atoms with Crippen molar-refractivity contribution in [2.75, 3.05) is 0 Å². The Labute approximate surface area is 116 Å². The Morgan fingerprint density at radius 1 is 1.22 bits per heavy atom. The first-order valence-corrected chi connectivity index (χ1v) is 6.07. The summed E-state index contributed by atoms with van der Waals surface area (Å²) in [5.41, 5.74) is 0.659. The normalized spacial score (nSPS) is 10.3. The molecule has 6 heteroatoms. The number of hydrogen-bond donors (Lipinski definition) is 2. The molecule has 2 N–H and O–H groups in total. The fourth-order valence-corrected chi connectivity index (χ4v) is 1.88. The maximum atomic E-state index is 12.1. The molecule has 1 aromatic heterocycles. The number of carbonyl (C=O) groups excluding carboxylic acids is 1. The molecule has 0 saturated heterocycles. The molecule has 1 heterocycles. The SMILES string of the molecule is O=C(c1c[nH]c(C(=O)O)c1)c1ccc(Br)c(Cl)c1. The molecule has 2 aromatic rings. The molecule has 2 rings (SSSR count). The number of rotatable bonds is 3. The van der Waals surface area contributed by atoms with Crippen LogP contribution in [-0.4, -0.2) is 21.8 Å². The summed E-state index contributed by atoms with van der Waals surface area (Å²) in [5.74, 6) is -1.39. The Kier molecular flexibility index (Phi) is 3.54. The predicted octanol–water partition coefficient (Wildman–Crippen LogP) is 3.36. The minimum Gasteiger partial charge on any atom is -0.477 e. The van der Waals surface area contributed by atoms with Gasteiger partial charge < -0.3 is 10.1 Å². The molecule has 0 bridgehead atoms. The summed E-state index contributed by atoms with van der Waals surface area (Å²) >= 11 is 9.13. The third-order valence-electron chi connectivity index (χ3n) is 2.36. The van der Waals surface area contributed by atoms with E-state index in [4.69, 9.17) is 16.7 Å². The van der Waals surface area contributed by atoms with Gasteiger partial charge in [-0.3, -0.25) is 4.79 Å². The lowest BCUT2D eigenvalue weighted by Crippen LogP contribution is -2.00. The van der Waals surface area contributed by atoms with E-state index in [0.717, 1.165) is 0 Å². The van der Waals surface area contributed by atoms with Gasteiger partial charge in [-0.15, -0.1) is 0 Å². The minimum absolute atomic E-state index is 0.0263. The maximum Gasteiger partial charge on any atom is 0.352 e. The first kappa shape index (κ1) is 12.9. The van der Waals surface area contributed by atoms with Crippen LogP contribution in [0.15, 0.2) is 34.9 Å². The zero-order chi connectivity index (χ0) is 13.3. The smallest absolute Gasteiger partial charge is 0.352 e. The lowest BCUT2D eigenvalue weighted by atomic mass is 10.1. The van der Waals surface area contributed by atoms with Crippen LogP contribution in [-0.2, 0) is 0 Å². The number of aromatic nitrogens is 1. The molecule has 0 spiro atoms. The summed E-state index contributed by atoms with van der Waals surface area (Å²) in [6.07, 6.45) is 1.36. The van der Waals surface area contributed by atoms with Gasteiger partial charge in [-0.1, -0.05) is 11.6 Å². The third kappa shape index (κ3) is 2.47. The summed E-state index contributed by atoms with van der Waals surface area (Å²) < 4.78 is 0.695. The van der Waals surface area contributed by atoms with E-state index in [9.17, 15) is 9.59 Å². The summed E-state index contributed by atoms with van der Waals surface area (Å²) in [6.45, 7) is 0. The first-order chi connectivity index (χ1) is 8.49. The number of hydrogen-bond acceptors (Lipinski definition) is 2. The molecule has 0 aliphatic heterocycles. The molecule has 0 unspecified atom stereocenters. The molecule has 0 aliphatic carbocycles. The van der Waals surface area contributed by atoms with Gasteiger partial charge in [0.15, 0.2) is 5.78 Å². The molecule has 92 valence electrons. The number of ketones is 1. The second kappa shape index (κ2) is 4.96. The molecule has 0 fully saturated rings. The number of nitrogens with one attached hydrogen (secondary N) is 1. The molecule has 0 atom stereocenters. The van der Waals surface area contributed by atoms with Crippen molar-refractivity contribution in [2.45, 2.75) is 0 Å². The Morgan fingerprint density at radius 3 is 2.50 bits per heavy atom. The highest BCUT2D eigenvalue weighted by Crippen LogP contribution is 2.24. The van der Waals surface area contributed by atoms with Crippen LogP contribution in [0.3, 0.4) is 0 Å². The number of carbonyl (C=O) groups is 2. The van der Waals surface area contributed by atoms with E-state index < -0.39 is 5.97 Å². The molecule has 0 saturated carbocycles. The van der Waals surface area contributed by atoms with Crippen LogP contribution >= 0.6 is 27.5 Å². The standard InChI is InChI=1S/C12H7BrClNO3/c13-8-2-1-6(3-9(8)14)11(16)7-4-10(12(17)18)15-5-7/h1-5,15H,(H,17,18). The summed E-state index contributed by atoms with van der Waals surface area (Å²) in [7, 11) is 0. The van der Waals surface area contributed by atoms with Gasteiger partial charge in [0.25, 0.3) is 0 Å². The zero-order valence-corrected chi connectivity index (χ0v) is 11.2. The minimum atomic E-state index is -1.11. The largest absolute Gasteiger partial charge is 0.477 e. The van der Waals surface area contributed by atoms with Crippen LogP contribution in [0.4, 0.5) is 0 Å². The van der Waals surface area contributed by atoms with Gasteiger partial charge >= 0.3 is 5.97 Å². The zero-order valence-electron chi connectivity index (χ0n) is 8.91. The van der Waals surface area contributed by atoms with Crippen molar-refractivity contribution in [1.29, 1.82) is 0 Å². The van der Waals surface area contributed by atoms with Crippen LogP contribution < -0.4 is 0 Å². The van der Waals surface area contributed by atoms with Crippen LogP contribution in [0.2, 0.25) is 5.02 Å². The molecule has 0 amide bonds. The van der Waals surface area contributed by atoms with Crippen molar-refractivity contribution in [3.05, 3.63) is 56.8 Å². The third-order valence-corrected chi connectivity index (χ3v) is 3.59. The van der Waals surface area contributed by atoms with Crippen LogP contribution in [0.25, 0.3) is 0 Å². The van der Waals surface area contributed by atoms with Crippen LogP contribution in [0.5, 0.6) is 0 Å². The van der Waals surface area contributed by atoms with E-state index in [0.29, 0.717) is 15.1 Å². The highest BCUT2D eigenvalue weighted by molar-refractivity contribution is 9.10. The van der Waals surface area contributed by atoms with Gasteiger partial charge in [0.1, 0.15) is 5.69 Å². The van der Waals surface area contributed by atoms with E-state index in [-0.39, 0.29) is 17.0 Å². The van der Waals surface area contributed by atoms with Crippen molar-refractivity contribution < 1.29 is 14.7 Å². The van der Waals surface area contributed by atoms with Crippen molar-refractivity contribution in [3.8, 4) is 0 Å². The van der Waals surface area contributed by atoms with Crippen molar-refractivity contribution in [3.63, 3.8) is 0 Å². The second-order valence-corrected chi connectivity index (χ2v) is 4.83. The molecular weight excluding hydrogens is 321 g/mol. The second-order valence-electron chi connectivity index (χ2n) is 3.57. The van der Waals surface area contributed by atoms with Crippen molar-refractivity contribution in [1.82, 2.24) is 4.98 Å². The number of H-pyrrole nitrogens is 1. The molecule has 1 aromatic carbocycles. The monoisotopic (exact) mass is 327 g/mol. The highest BCUT2D eigenvalue weighted by Gasteiger charge is 2.14. The van der Waals surface area contributed by atoms with Crippen LogP contribution in [0.1, 0.15) is 26.4 Å². The number of carboxylic acids is 1. The van der Waals surface area contributed by atoms with E-state index in [1.165, 1.54) is 18.3 Å². The average molecular weight is 329 g/mol. The Bertz CT molecular complexity index is 636. The fraction of sp³-hybridized carbons (Fsp3) is 0. The van der Waals surface area contributed by atoms with Crippen LogP contribution in [0, 0.1) is 0 Å². The lowest BCUT2D eigenvalue weighted by Gasteiger charge is -2.00. The van der Waals surface area contributed by atoms with Crippen molar-refractivity contribution in [2.24, 2.45) is 0 Å². The number of carboxylic acid groups (broad SMARTS) is 1. The van der Waals surface area contributed by atoms with E-state index >= 15 is 0 Å². The molecule has 18 heavy (non-hydrogen) atoms. The summed E-state index contributed by atoms with van der Waals surface area (Å²) in [5, 5.41) is 9.19. The lowest BCUT2D eigenvalue weighted by molar-refractivity contribution is 0.0691. The average Bonchev–Trinajstić information content (AvgIpc) is 2.81. The molecular formula is C12H7BrClNO3. The quantitative estimate of drug-likeness (QED) is 0.849. The predicted molar refractivity (Wildman–Crippen MR) is 70.3 cm³/mol. The maximum absolute atomic E-state index is 12.1. The number of aromatic amines is 1. The fourth-order valence-electron chi connectivity index (χ4n) is 1.45. The van der Waals surface area contributed by atoms with E-state index in [2.05, 4.69) is 20.9 Å². The van der Waals surface area contributed by atoms with Gasteiger partial charge in [-0.05, 0) is 40.2 Å². The summed E-state index contributed by atoms with van der Waals surface area (Å²) in [4.78, 5) is 25.3. The summed E-state index contributed by atoms with van der Waals surface area (Å²) in [6, 6.07) is 6.11. The van der Waals surface area contributed by atoms with Crippen molar-refractivity contribution >= 4 is 39.3 Å². The molecule has 4 nitrogen and oxygen atoms in total. The number of halogens is 2. The Balaban J connectivity index is 2.35.